The number of aromatic nitrogens is 1. The Balaban J connectivity index is 2.64. The molecule has 0 saturated heterocycles. The van der Waals surface area contributed by atoms with Gasteiger partial charge in [-0.25, -0.2) is 4.98 Å². The first-order chi connectivity index (χ1) is 9.32. The van der Waals surface area contributed by atoms with Crippen LogP contribution in [0.3, 0.4) is 0 Å². The molecular formula is C13H8Cl2F3NO. The maximum Gasteiger partial charge on any atom is 0.433 e. The third-order valence-corrected chi connectivity index (χ3v) is 3.10. The predicted molar refractivity (Wildman–Crippen MR) is 71.2 cm³/mol. The lowest BCUT2D eigenvalue weighted by Crippen LogP contribution is -2.09. The van der Waals surface area contributed by atoms with E-state index >= 15 is 0 Å². The minimum Gasteiger partial charge on any atom is -0.494 e. The van der Waals surface area contributed by atoms with Crippen LogP contribution in [0.15, 0.2) is 30.3 Å². The molecule has 0 aliphatic carbocycles. The second-order valence-corrected chi connectivity index (χ2v) is 4.71. The van der Waals surface area contributed by atoms with Gasteiger partial charge in [0, 0.05) is 10.6 Å². The molecule has 1 aromatic heterocycles. The lowest BCUT2D eigenvalue weighted by molar-refractivity contribution is -0.141. The second-order valence-electron chi connectivity index (χ2n) is 3.87. The number of nitrogens with zero attached hydrogens (tertiary/aromatic N) is 1. The minimum absolute atomic E-state index is 0.0176. The number of alkyl halides is 3. The Kier molecular flexibility index (Phi) is 4.11. The van der Waals surface area contributed by atoms with Crippen molar-refractivity contribution < 1.29 is 17.9 Å². The summed E-state index contributed by atoms with van der Waals surface area (Å²) in [6, 6.07) is 6.50. The average molecular weight is 322 g/mol. The van der Waals surface area contributed by atoms with Crippen LogP contribution in [0.1, 0.15) is 5.69 Å². The van der Waals surface area contributed by atoms with Crippen molar-refractivity contribution in [3.63, 3.8) is 0 Å². The molecule has 0 N–H and O–H groups in total. The number of pyridine rings is 1. The summed E-state index contributed by atoms with van der Waals surface area (Å²) in [5.74, 6) is 0.197. The average Bonchev–Trinajstić information content (AvgIpc) is 2.37. The third kappa shape index (κ3) is 2.99. The monoisotopic (exact) mass is 321 g/mol. The van der Waals surface area contributed by atoms with Gasteiger partial charge in [0.05, 0.1) is 12.1 Å². The molecule has 0 spiro atoms. The number of hydrogen-bond donors (Lipinski definition) is 0. The fourth-order valence-corrected chi connectivity index (χ4v) is 2.14. The van der Waals surface area contributed by atoms with E-state index in [2.05, 4.69) is 4.98 Å². The van der Waals surface area contributed by atoms with E-state index in [1.807, 2.05) is 0 Å². The molecule has 2 rings (SSSR count). The second kappa shape index (κ2) is 5.50. The molecule has 1 aromatic carbocycles. The van der Waals surface area contributed by atoms with E-state index < -0.39 is 11.9 Å². The molecule has 0 fully saturated rings. The molecule has 0 unspecified atom stereocenters. The summed E-state index contributed by atoms with van der Waals surface area (Å²) < 4.78 is 43.2. The summed E-state index contributed by atoms with van der Waals surface area (Å²) in [6.07, 6.45) is -4.54. The van der Waals surface area contributed by atoms with Crippen molar-refractivity contribution in [2.45, 2.75) is 6.18 Å². The quantitative estimate of drug-likeness (QED) is 0.769. The van der Waals surface area contributed by atoms with Crippen LogP contribution in [-0.2, 0) is 6.18 Å². The van der Waals surface area contributed by atoms with Crippen LogP contribution < -0.4 is 4.74 Å². The highest BCUT2D eigenvalue weighted by Gasteiger charge is 2.33. The van der Waals surface area contributed by atoms with Gasteiger partial charge in [0.2, 0.25) is 0 Å². The summed E-state index contributed by atoms with van der Waals surface area (Å²) in [4.78, 5) is 3.60. The summed E-state index contributed by atoms with van der Waals surface area (Å²) in [6.45, 7) is 0. The first kappa shape index (κ1) is 14.9. The highest BCUT2D eigenvalue weighted by molar-refractivity contribution is 6.36. The first-order valence-electron chi connectivity index (χ1n) is 5.40. The Labute approximate surface area is 123 Å². The van der Waals surface area contributed by atoms with Crippen LogP contribution in [0.4, 0.5) is 13.2 Å². The number of methoxy groups -OCH3 is 1. The number of ether oxygens (including phenoxy) is 1. The Hall–Kier alpha value is -1.46. The summed E-state index contributed by atoms with van der Waals surface area (Å²) >= 11 is 11.8. The number of halogens is 5. The van der Waals surface area contributed by atoms with Gasteiger partial charge >= 0.3 is 6.18 Å². The molecular weight excluding hydrogens is 314 g/mol. The molecule has 0 aliphatic rings. The maximum atomic E-state index is 12.7. The Morgan fingerprint density at radius 2 is 1.80 bits per heavy atom. The van der Waals surface area contributed by atoms with E-state index in [0.29, 0.717) is 10.6 Å². The minimum atomic E-state index is -4.54. The summed E-state index contributed by atoms with van der Waals surface area (Å²) in [7, 11) is 1.34. The number of hydrogen-bond acceptors (Lipinski definition) is 2. The topological polar surface area (TPSA) is 22.1 Å². The largest absolute Gasteiger partial charge is 0.494 e. The van der Waals surface area contributed by atoms with E-state index in [4.69, 9.17) is 27.9 Å². The SMILES string of the molecule is COc1ccc(C(F)(F)F)nc1-c1ccc(Cl)cc1Cl. The molecule has 2 nitrogen and oxygen atoms in total. The normalized spacial score (nSPS) is 11.5. The summed E-state index contributed by atoms with van der Waals surface area (Å²) in [5.41, 5.74) is -0.678. The van der Waals surface area contributed by atoms with Gasteiger partial charge in [-0.3, -0.25) is 0 Å². The van der Waals surface area contributed by atoms with Crippen molar-refractivity contribution in [1.29, 1.82) is 0 Å². The van der Waals surface area contributed by atoms with Crippen molar-refractivity contribution in [3.05, 3.63) is 46.1 Å². The van der Waals surface area contributed by atoms with Gasteiger partial charge in [0.25, 0.3) is 0 Å². The van der Waals surface area contributed by atoms with E-state index in [1.54, 1.807) is 0 Å². The fraction of sp³-hybridized carbons (Fsp3) is 0.154. The molecule has 0 radical (unpaired) electrons. The van der Waals surface area contributed by atoms with Gasteiger partial charge in [0.1, 0.15) is 17.1 Å². The van der Waals surface area contributed by atoms with Crippen LogP contribution in [0.2, 0.25) is 10.0 Å². The van der Waals surface area contributed by atoms with Gasteiger partial charge in [-0.2, -0.15) is 13.2 Å². The Morgan fingerprint density at radius 1 is 1.10 bits per heavy atom. The zero-order valence-corrected chi connectivity index (χ0v) is 11.6. The molecule has 0 atom stereocenters. The van der Waals surface area contributed by atoms with Crippen molar-refractivity contribution in [3.8, 4) is 17.0 Å². The number of rotatable bonds is 2. The summed E-state index contributed by atoms with van der Waals surface area (Å²) in [5, 5.41) is 0.576. The van der Waals surface area contributed by atoms with Crippen LogP contribution in [-0.4, -0.2) is 12.1 Å². The first-order valence-corrected chi connectivity index (χ1v) is 6.16. The Morgan fingerprint density at radius 3 is 2.35 bits per heavy atom. The smallest absolute Gasteiger partial charge is 0.433 e. The molecule has 0 aliphatic heterocycles. The van der Waals surface area contributed by atoms with Gasteiger partial charge < -0.3 is 4.74 Å². The molecule has 1 heterocycles. The van der Waals surface area contributed by atoms with Crippen LogP contribution in [0.25, 0.3) is 11.3 Å². The standard InChI is InChI=1S/C13H8Cl2F3NO/c1-20-10-4-5-11(13(16,17)18)19-12(10)8-3-2-7(14)6-9(8)15/h2-6H,1H3. The lowest BCUT2D eigenvalue weighted by Gasteiger charge is -2.13. The zero-order valence-electron chi connectivity index (χ0n) is 10.1. The van der Waals surface area contributed by atoms with Crippen molar-refractivity contribution in [2.75, 3.05) is 7.11 Å². The van der Waals surface area contributed by atoms with Gasteiger partial charge in [-0.1, -0.05) is 23.2 Å². The van der Waals surface area contributed by atoms with Gasteiger partial charge in [0.15, 0.2) is 0 Å². The highest BCUT2D eigenvalue weighted by atomic mass is 35.5. The van der Waals surface area contributed by atoms with Crippen molar-refractivity contribution >= 4 is 23.2 Å². The maximum absolute atomic E-state index is 12.7. The van der Waals surface area contributed by atoms with Crippen molar-refractivity contribution in [2.24, 2.45) is 0 Å². The van der Waals surface area contributed by atoms with Crippen molar-refractivity contribution in [1.82, 2.24) is 4.98 Å². The van der Waals surface area contributed by atoms with E-state index in [-0.39, 0.29) is 16.5 Å². The third-order valence-electron chi connectivity index (χ3n) is 2.55. The molecule has 0 amide bonds. The zero-order chi connectivity index (χ0) is 14.9. The predicted octanol–water partition coefficient (Wildman–Crippen LogP) is 5.08. The lowest BCUT2D eigenvalue weighted by atomic mass is 10.1. The van der Waals surface area contributed by atoms with Crippen LogP contribution >= 0.6 is 23.2 Å². The highest BCUT2D eigenvalue weighted by Crippen LogP contribution is 2.37. The fourth-order valence-electron chi connectivity index (χ4n) is 1.64. The molecule has 0 saturated carbocycles. The molecule has 0 bridgehead atoms. The van der Waals surface area contributed by atoms with Gasteiger partial charge in [-0.05, 0) is 30.3 Å². The molecule has 20 heavy (non-hydrogen) atoms. The van der Waals surface area contributed by atoms with E-state index in [9.17, 15) is 13.2 Å². The number of benzene rings is 1. The molecule has 106 valence electrons. The van der Waals surface area contributed by atoms with Crippen LogP contribution in [0, 0.1) is 0 Å². The molecule has 2 aromatic rings. The van der Waals surface area contributed by atoms with Crippen LogP contribution in [0.5, 0.6) is 5.75 Å². The van der Waals surface area contributed by atoms with Gasteiger partial charge in [-0.15, -0.1) is 0 Å². The van der Waals surface area contributed by atoms with E-state index in [0.717, 1.165) is 6.07 Å². The molecule has 7 heteroatoms. The van der Waals surface area contributed by atoms with E-state index in [1.165, 1.54) is 31.4 Å². The Bertz CT molecular complexity index is 644.